The first-order chi connectivity index (χ1) is 11.7. The quantitative estimate of drug-likeness (QED) is 0.823. The highest BCUT2D eigenvalue weighted by Gasteiger charge is 2.50. The number of carbonyl (C=O) groups excluding carboxylic acids is 1. The molecule has 1 aromatic carbocycles. The van der Waals surface area contributed by atoms with E-state index >= 15 is 0 Å². The molecule has 1 aromatic rings. The van der Waals surface area contributed by atoms with Crippen LogP contribution < -0.4 is 0 Å². The fourth-order valence-electron chi connectivity index (χ4n) is 3.48. The number of sulfonamides is 1. The van der Waals surface area contributed by atoms with Gasteiger partial charge in [-0.25, -0.2) is 12.7 Å². The zero-order chi connectivity index (χ0) is 18.8. The Labute approximate surface area is 149 Å². The molecule has 2 rings (SSSR count). The van der Waals surface area contributed by atoms with E-state index in [0.29, 0.717) is 0 Å². The van der Waals surface area contributed by atoms with E-state index in [1.165, 1.54) is 18.3 Å². The van der Waals surface area contributed by atoms with E-state index in [1.807, 2.05) is 43.3 Å². The van der Waals surface area contributed by atoms with E-state index in [-0.39, 0.29) is 37.1 Å². The van der Waals surface area contributed by atoms with Crippen molar-refractivity contribution in [2.45, 2.75) is 31.8 Å². The van der Waals surface area contributed by atoms with Crippen molar-refractivity contribution in [3.8, 4) is 0 Å². The molecular weight excluding hydrogens is 340 g/mol. The molecule has 0 spiro atoms. The Morgan fingerprint density at radius 2 is 1.88 bits per heavy atom. The Kier molecular flexibility index (Phi) is 6.03. The first kappa shape index (κ1) is 19.6. The molecule has 0 saturated carbocycles. The maximum Gasteiger partial charge on any atom is 0.220 e. The van der Waals surface area contributed by atoms with Gasteiger partial charge in [-0.05, 0) is 18.1 Å². The standard InChI is InChI=1S/C18H26N2O4S/c1-5-6-14-7-9-15(10-8-14)18-16(11-19(3)25(4,23)24)20(13(2)22)17(18)12-21/h5-10,16-18,21H,11-12H2,1-4H3/b6-5+/t16-,17-,18+/m0/s1. The smallest absolute Gasteiger partial charge is 0.220 e. The molecule has 1 N–H and O–H groups in total. The maximum absolute atomic E-state index is 12.0. The van der Waals surface area contributed by atoms with Crippen molar-refractivity contribution in [1.29, 1.82) is 0 Å². The molecule has 25 heavy (non-hydrogen) atoms. The maximum atomic E-state index is 12.0. The highest BCUT2D eigenvalue weighted by Crippen LogP contribution is 2.41. The van der Waals surface area contributed by atoms with Crippen LogP contribution in [-0.4, -0.2) is 67.2 Å². The van der Waals surface area contributed by atoms with Crippen LogP contribution in [0.25, 0.3) is 6.08 Å². The lowest BCUT2D eigenvalue weighted by atomic mass is 9.75. The van der Waals surface area contributed by atoms with Crippen LogP contribution in [0.1, 0.15) is 30.9 Å². The summed E-state index contributed by atoms with van der Waals surface area (Å²) in [6.45, 7) is 3.45. The normalized spacial score (nSPS) is 23.9. The van der Waals surface area contributed by atoms with E-state index in [9.17, 15) is 18.3 Å². The van der Waals surface area contributed by atoms with Gasteiger partial charge in [-0.15, -0.1) is 0 Å². The van der Waals surface area contributed by atoms with Crippen molar-refractivity contribution >= 4 is 22.0 Å². The Hall–Kier alpha value is -1.70. The predicted molar refractivity (Wildman–Crippen MR) is 98.5 cm³/mol. The topological polar surface area (TPSA) is 77.9 Å². The van der Waals surface area contributed by atoms with E-state index in [4.69, 9.17) is 0 Å². The van der Waals surface area contributed by atoms with Crippen LogP contribution in [0.3, 0.4) is 0 Å². The molecule has 0 aliphatic carbocycles. The Balaban J connectivity index is 2.32. The average molecular weight is 366 g/mol. The lowest BCUT2D eigenvalue weighted by Crippen LogP contribution is -2.68. The van der Waals surface area contributed by atoms with Crippen molar-refractivity contribution in [3.63, 3.8) is 0 Å². The van der Waals surface area contributed by atoms with Gasteiger partial charge >= 0.3 is 0 Å². The zero-order valence-corrected chi connectivity index (χ0v) is 15.9. The molecule has 1 aliphatic heterocycles. The summed E-state index contributed by atoms with van der Waals surface area (Å²) in [6, 6.07) is 7.31. The van der Waals surface area contributed by atoms with Crippen molar-refractivity contribution < 1.29 is 18.3 Å². The summed E-state index contributed by atoms with van der Waals surface area (Å²) in [4.78, 5) is 13.6. The number of aliphatic hydroxyl groups excluding tert-OH is 1. The largest absolute Gasteiger partial charge is 0.394 e. The minimum Gasteiger partial charge on any atom is -0.394 e. The molecule has 6 nitrogen and oxygen atoms in total. The number of rotatable bonds is 6. The highest BCUT2D eigenvalue weighted by atomic mass is 32.2. The van der Waals surface area contributed by atoms with Gasteiger partial charge < -0.3 is 10.0 Å². The van der Waals surface area contributed by atoms with Crippen molar-refractivity contribution in [1.82, 2.24) is 9.21 Å². The summed E-state index contributed by atoms with van der Waals surface area (Å²) in [7, 11) is -1.84. The van der Waals surface area contributed by atoms with E-state index < -0.39 is 10.0 Å². The van der Waals surface area contributed by atoms with Gasteiger partial charge in [0.1, 0.15) is 0 Å². The molecule has 1 amide bonds. The summed E-state index contributed by atoms with van der Waals surface area (Å²) >= 11 is 0. The van der Waals surface area contributed by atoms with Gasteiger partial charge in [0.2, 0.25) is 15.9 Å². The number of carbonyl (C=O) groups is 1. The van der Waals surface area contributed by atoms with Crippen LogP contribution in [-0.2, 0) is 14.8 Å². The second-order valence-electron chi connectivity index (χ2n) is 6.48. The fraction of sp³-hybridized carbons (Fsp3) is 0.500. The van der Waals surface area contributed by atoms with Crippen LogP contribution >= 0.6 is 0 Å². The van der Waals surface area contributed by atoms with Crippen molar-refractivity contribution in [2.24, 2.45) is 0 Å². The number of hydrogen-bond donors (Lipinski definition) is 1. The van der Waals surface area contributed by atoms with E-state index in [0.717, 1.165) is 17.4 Å². The Bertz CT molecular complexity index is 743. The molecule has 0 radical (unpaired) electrons. The minimum atomic E-state index is -3.34. The van der Waals surface area contributed by atoms with Gasteiger partial charge in [-0.3, -0.25) is 4.79 Å². The first-order valence-corrected chi connectivity index (χ1v) is 10.1. The van der Waals surface area contributed by atoms with Crippen LogP contribution in [0.2, 0.25) is 0 Å². The van der Waals surface area contributed by atoms with Gasteiger partial charge in [-0.2, -0.15) is 0 Å². The zero-order valence-electron chi connectivity index (χ0n) is 15.1. The van der Waals surface area contributed by atoms with Gasteiger partial charge in [0.05, 0.1) is 24.9 Å². The third-order valence-corrected chi connectivity index (χ3v) is 6.07. The van der Waals surface area contributed by atoms with Gasteiger partial charge in [0.25, 0.3) is 0 Å². The average Bonchev–Trinajstić information content (AvgIpc) is 2.51. The molecule has 138 valence electrons. The summed E-state index contributed by atoms with van der Waals surface area (Å²) in [5, 5.41) is 9.75. The molecule has 1 saturated heterocycles. The molecule has 0 unspecified atom stereocenters. The predicted octanol–water partition coefficient (Wildman–Crippen LogP) is 1.29. The number of amides is 1. The van der Waals surface area contributed by atoms with Gasteiger partial charge in [-0.1, -0.05) is 36.4 Å². The van der Waals surface area contributed by atoms with Crippen LogP contribution in [0.4, 0.5) is 0 Å². The third-order valence-electron chi connectivity index (χ3n) is 4.79. The fourth-order valence-corrected chi connectivity index (χ4v) is 3.91. The number of benzene rings is 1. The Morgan fingerprint density at radius 1 is 1.28 bits per heavy atom. The molecule has 1 aliphatic rings. The number of hydrogen-bond acceptors (Lipinski definition) is 4. The number of aliphatic hydroxyl groups is 1. The van der Waals surface area contributed by atoms with E-state index in [1.54, 1.807) is 4.90 Å². The van der Waals surface area contributed by atoms with Crippen molar-refractivity contribution in [2.75, 3.05) is 26.5 Å². The summed E-state index contributed by atoms with van der Waals surface area (Å²) in [5.74, 6) is -0.259. The number of allylic oxidation sites excluding steroid dienone is 1. The molecule has 3 atom stereocenters. The molecular formula is C18H26N2O4S. The SMILES string of the molecule is C/C=C/c1ccc([C@H]2[C@H](CO)N(C(C)=O)[C@H]2CN(C)S(C)(=O)=O)cc1. The second-order valence-corrected chi connectivity index (χ2v) is 8.57. The highest BCUT2D eigenvalue weighted by molar-refractivity contribution is 7.88. The minimum absolute atomic E-state index is 0.0993. The molecule has 0 aromatic heterocycles. The second kappa shape index (κ2) is 7.68. The molecule has 0 bridgehead atoms. The number of likely N-dealkylation sites (tertiary alicyclic amines) is 1. The van der Waals surface area contributed by atoms with Crippen molar-refractivity contribution in [3.05, 3.63) is 41.5 Å². The summed E-state index contributed by atoms with van der Waals surface area (Å²) in [6.07, 6.45) is 5.09. The van der Waals surface area contributed by atoms with Crippen LogP contribution in [0.15, 0.2) is 30.3 Å². The van der Waals surface area contributed by atoms with E-state index in [2.05, 4.69) is 0 Å². The molecule has 1 heterocycles. The molecule has 7 heteroatoms. The first-order valence-electron chi connectivity index (χ1n) is 8.24. The number of nitrogens with zero attached hydrogens (tertiary/aromatic N) is 2. The van der Waals surface area contributed by atoms with Gasteiger partial charge in [0.15, 0.2) is 0 Å². The van der Waals surface area contributed by atoms with Crippen LogP contribution in [0, 0.1) is 0 Å². The van der Waals surface area contributed by atoms with Gasteiger partial charge in [0, 0.05) is 26.4 Å². The lowest BCUT2D eigenvalue weighted by Gasteiger charge is -2.55. The molecule has 1 fully saturated rings. The lowest BCUT2D eigenvalue weighted by molar-refractivity contribution is -0.148. The monoisotopic (exact) mass is 366 g/mol. The third kappa shape index (κ3) is 4.11. The van der Waals surface area contributed by atoms with Crippen LogP contribution in [0.5, 0.6) is 0 Å². The summed E-state index contributed by atoms with van der Waals surface area (Å²) in [5.41, 5.74) is 2.07. The summed E-state index contributed by atoms with van der Waals surface area (Å²) < 4.78 is 24.8. The Morgan fingerprint density at radius 3 is 2.32 bits per heavy atom. The number of likely N-dealkylation sites (N-methyl/N-ethyl adjacent to an activating group) is 1.